The molecule has 0 fully saturated rings. The summed E-state index contributed by atoms with van der Waals surface area (Å²) >= 11 is 0. The van der Waals surface area contributed by atoms with Gasteiger partial charge in [-0.15, -0.1) is 4.33 Å². The molecule has 1 aromatic heterocycles. The Balaban J connectivity index is 2.88. The van der Waals surface area contributed by atoms with Crippen LogP contribution in [0.1, 0.15) is 0 Å². The van der Waals surface area contributed by atoms with Gasteiger partial charge in [-0.1, -0.05) is 23.9 Å². The number of fused-ring (bicyclic) bond motifs is 1. The number of hydrogen-bond acceptors (Lipinski definition) is 6. The third-order valence-corrected chi connectivity index (χ3v) is 3.15. The summed E-state index contributed by atoms with van der Waals surface area (Å²) in [6.07, 6.45) is 1.16. The molecular weight excluding hydrogens is 234 g/mol. The van der Waals surface area contributed by atoms with Crippen LogP contribution in [-0.4, -0.2) is 18.7 Å². The van der Waals surface area contributed by atoms with Gasteiger partial charge in [-0.3, -0.25) is 4.98 Å². The summed E-state index contributed by atoms with van der Waals surface area (Å²) in [5.41, 5.74) is 0.0145. The van der Waals surface area contributed by atoms with Crippen LogP contribution in [0.2, 0.25) is 0 Å². The van der Waals surface area contributed by atoms with E-state index >= 15 is 0 Å². The van der Waals surface area contributed by atoms with Gasteiger partial charge in [-0.05, 0) is 6.07 Å². The largest absolute Gasteiger partial charge is 0.871 e. The van der Waals surface area contributed by atoms with E-state index in [1.165, 1.54) is 18.2 Å². The molecule has 6 nitrogen and oxygen atoms in total. The molecular formula is C9H6NO5S-. The van der Waals surface area contributed by atoms with Gasteiger partial charge in [0.25, 0.3) is 0 Å². The lowest BCUT2D eigenvalue weighted by Gasteiger charge is -2.10. The molecule has 0 saturated heterocycles. The molecule has 0 saturated carbocycles. The molecule has 0 aliphatic carbocycles. The highest BCUT2D eigenvalue weighted by molar-refractivity contribution is 7.86. The molecule has 0 spiro atoms. The van der Waals surface area contributed by atoms with Crippen LogP contribution < -0.4 is 5.11 Å². The van der Waals surface area contributed by atoms with Gasteiger partial charge in [-0.25, -0.2) is 5.26 Å². The normalized spacial score (nSPS) is 11.8. The van der Waals surface area contributed by atoms with Gasteiger partial charge in [0.1, 0.15) is 4.90 Å². The first-order chi connectivity index (χ1) is 7.56. The van der Waals surface area contributed by atoms with Crippen LogP contribution in [0.5, 0.6) is 5.75 Å². The van der Waals surface area contributed by atoms with Crippen LogP contribution in [0, 0.1) is 0 Å². The van der Waals surface area contributed by atoms with E-state index in [9.17, 15) is 13.5 Å². The van der Waals surface area contributed by atoms with E-state index in [1.807, 2.05) is 0 Å². The molecule has 16 heavy (non-hydrogen) atoms. The third-order valence-electron chi connectivity index (χ3n) is 2.06. The fourth-order valence-electron chi connectivity index (χ4n) is 1.38. The van der Waals surface area contributed by atoms with Crippen molar-refractivity contribution in [1.82, 2.24) is 4.98 Å². The smallest absolute Gasteiger partial charge is 0.323 e. The van der Waals surface area contributed by atoms with E-state index in [2.05, 4.69) is 9.32 Å². The summed E-state index contributed by atoms with van der Waals surface area (Å²) in [6, 6.07) is 5.23. The highest BCUT2D eigenvalue weighted by Gasteiger charge is 2.18. The maximum absolute atomic E-state index is 11.4. The van der Waals surface area contributed by atoms with E-state index in [4.69, 9.17) is 5.26 Å². The van der Waals surface area contributed by atoms with Gasteiger partial charge in [0.2, 0.25) is 0 Å². The molecule has 2 rings (SSSR count). The molecule has 7 heteroatoms. The molecule has 0 bridgehead atoms. The second-order valence-corrected chi connectivity index (χ2v) is 4.49. The number of aromatic nitrogens is 1. The zero-order valence-electron chi connectivity index (χ0n) is 7.82. The minimum absolute atomic E-state index is 0.0145. The van der Waals surface area contributed by atoms with Gasteiger partial charge >= 0.3 is 10.1 Å². The highest BCUT2D eigenvalue weighted by atomic mass is 32.2. The van der Waals surface area contributed by atoms with Crippen molar-refractivity contribution in [1.29, 1.82) is 0 Å². The fourth-order valence-corrected chi connectivity index (χ4v) is 2.12. The topological polar surface area (TPSA) is 99.6 Å². The molecule has 0 unspecified atom stereocenters. The van der Waals surface area contributed by atoms with Crippen molar-refractivity contribution in [2.24, 2.45) is 0 Å². The highest BCUT2D eigenvalue weighted by Crippen LogP contribution is 2.26. The van der Waals surface area contributed by atoms with Crippen LogP contribution in [0.4, 0.5) is 0 Å². The van der Waals surface area contributed by atoms with Crippen molar-refractivity contribution in [3.63, 3.8) is 0 Å². The van der Waals surface area contributed by atoms with Crippen LogP contribution in [0.3, 0.4) is 0 Å². The van der Waals surface area contributed by atoms with Gasteiger partial charge in [0, 0.05) is 11.6 Å². The van der Waals surface area contributed by atoms with Crippen molar-refractivity contribution in [2.75, 3.05) is 0 Å². The van der Waals surface area contributed by atoms with Gasteiger partial charge in [-0.2, -0.15) is 8.42 Å². The van der Waals surface area contributed by atoms with Crippen molar-refractivity contribution in [3.8, 4) is 5.75 Å². The number of benzene rings is 1. The van der Waals surface area contributed by atoms with E-state index in [-0.39, 0.29) is 15.8 Å². The molecule has 0 amide bonds. The number of rotatable bonds is 2. The van der Waals surface area contributed by atoms with Gasteiger partial charge < -0.3 is 5.11 Å². The Hall–Kier alpha value is -1.70. The summed E-state index contributed by atoms with van der Waals surface area (Å²) < 4.78 is 26.1. The quantitative estimate of drug-likeness (QED) is 0.605. The van der Waals surface area contributed by atoms with Gasteiger partial charge in [0.15, 0.2) is 0 Å². The minimum Gasteiger partial charge on any atom is -0.871 e. The Kier molecular flexibility index (Phi) is 2.50. The summed E-state index contributed by atoms with van der Waals surface area (Å²) in [7, 11) is -4.26. The molecule has 0 atom stereocenters. The Morgan fingerprint density at radius 2 is 2.06 bits per heavy atom. The average molecular weight is 240 g/mol. The maximum atomic E-state index is 11.4. The van der Waals surface area contributed by atoms with Crippen molar-refractivity contribution < 1.29 is 23.1 Å². The number of hydrogen-bond donors (Lipinski definition) is 1. The molecule has 1 aromatic carbocycles. The second kappa shape index (κ2) is 3.71. The average Bonchev–Trinajstić information content (AvgIpc) is 2.29. The molecule has 0 radical (unpaired) electrons. The predicted molar refractivity (Wildman–Crippen MR) is 52.1 cm³/mol. The van der Waals surface area contributed by atoms with E-state index in [1.54, 1.807) is 0 Å². The lowest BCUT2D eigenvalue weighted by atomic mass is 10.2. The Labute approximate surface area is 90.8 Å². The third kappa shape index (κ3) is 1.60. The fraction of sp³-hybridized carbons (Fsp3) is 0. The molecule has 0 aliphatic rings. The zero-order chi connectivity index (χ0) is 11.8. The first-order valence-electron chi connectivity index (χ1n) is 4.19. The summed E-state index contributed by atoms with van der Waals surface area (Å²) in [4.78, 5) is 3.48. The van der Waals surface area contributed by atoms with Crippen molar-refractivity contribution >= 4 is 21.0 Å². The number of para-hydroxylation sites is 1. The summed E-state index contributed by atoms with van der Waals surface area (Å²) in [5, 5.41) is 19.8. The Morgan fingerprint density at radius 1 is 1.31 bits per heavy atom. The number of pyridine rings is 1. The molecule has 0 aliphatic heterocycles. The SMILES string of the molecule is O=S(=O)(OO)c1ccnc2c([O-])cccc12. The zero-order valence-corrected chi connectivity index (χ0v) is 8.64. The molecule has 84 valence electrons. The van der Waals surface area contributed by atoms with E-state index < -0.39 is 15.9 Å². The molecule has 1 N–H and O–H groups in total. The summed E-state index contributed by atoms with van der Waals surface area (Å²) in [5.74, 6) is -0.396. The molecule has 1 heterocycles. The second-order valence-electron chi connectivity index (χ2n) is 2.99. The van der Waals surface area contributed by atoms with Crippen LogP contribution in [0.25, 0.3) is 10.9 Å². The van der Waals surface area contributed by atoms with Crippen molar-refractivity contribution in [2.45, 2.75) is 4.90 Å². The van der Waals surface area contributed by atoms with Gasteiger partial charge in [0.05, 0.1) is 5.52 Å². The van der Waals surface area contributed by atoms with Crippen molar-refractivity contribution in [3.05, 3.63) is 30.5 Å². The van der Waals surface area contributed by atoms with Crippen LogP contribution >= 0.6 is 0 Å². The Bertz CT molecular complexity index is 637. The monoisotopic (exact) mass is 240 g/mol. The number of nitrogens with zero attached hydrogens (tertiary/aromatic N) is 1. The van der Waals surface area contributed by atoms with E-state index in [0.717, 1.165) is 12.3 Å². The minimum atomic E-state index is -4.26. The lowest BCUT2D eigenvalue weighted by Crippen LogP contribution is -2.05. The first kappa shape index (κ1) is 10.8. The van der Waals surface area contributed by atoms with E-state index in [0.29, 0.717) is 0 Å². The lowest BCUT2D eigenvalue weighted by molar-refractivity contribution is -0.266. The first-order valence-corrected chi connectivity index (χ1v) is 5.60. The Morgan fingerprint density at radius 3 is 2.75 bits per heavy atom. The standard InChI is InChI=1S/C9H7NO5S/c11-7-3-1-2-6-8(16(13,14)15-12)4-5-10-9(6)7/h1-5,11-12H/p-1. The van der Waals surface area contributed by atoms with Crippen LogP contribution in [0.15, 0.2) is 35.4 Å². The van der Waals surface area contributed by atoms with Crippen LogP contribution in [-0.2, 0) is 14.5 Å². The predicted octanol–water partition coefficient (Wildman–Crippen LogP) is 0.487. The maximum Gasteiger partial charge on any atom is 0.323 e. The molecule has 2 aromatic rings. The summed E-state index contributed by atoms with van der Waals surface area (Å²) in [6.45, 7) is 0.